The van der Waals surface area contributed by atoms with Gasteiger partial charge in [-0.05, 0) is 38.5 Å². The van der Waals surface area contributed by atoms with Crippen molar-refractivity contribution >= 4 is 17.8 Å². The van der Waals surface area contributed by atoms with E-state index in [-0.39, 0.29) is 18.9 Å². The van der Waals surface area contributed by atoms with E-state index in [0.717, 1.165) is 58.3 Å². The summed E-state index contributed by atoms with van der Waals surface area (Å²) in [5.74, 6) is -6.12. The summed E-state index contributed by atoms with van der Waals surface area (Å²) in [7, 11) is 0. The number of ether oxygens (including phenoxy) is 6. The Morgan fingerprint density at radius 2 is 1.02 bits per heavy atom. The van der Waals surface area contributed by atoms with Gasteiger partial charge in [-0.1, -0.05) is 219 Å². The molecular weight excluding hydrogens is 1180 g/mol. The monoisotopic (exact) mass is 1310 g/mol. The molecule has 3 heterocycles. The van der Waals surface area contributed by atoms with Crippen molar-refractivity contribution in [2.75, 3.05) is 26.4 Å². The Bertz CT molecular complexity index is 1890. The van der Waals surface area contributed by atoms with Crippen LogP contribution in [-0.4, -0.2) is 215 Å². The number of carboxylic acids is 1. The minimum Gasteiger partial charge on any atom is -0.477 e. The molecule has 0 spiro atoms. The Balaban J connectivity index is 1.56. The molecule has 0 aromatic carbocycles. The molecule has 23 nitrogen and oxygen atoms in total. The average Bonchev–Trinajstić information content (AvgIpc) is 0.790. The Hall–Kier alpha value is -2.53. The lowest BCUT2D eigenvalue weighted by atomic mass is 9.88. The van der Waals surface area contributed by atoms with E-state index in [9.17, 15) is 75.7 Å². The van der Waals surface area contributed by atoms with Crippen LogP contribution in [0.15, 0.2) is 12.2 Å². The van der Waals surface area contributed by atoms with Crippen molar-refractivity contribution < 1.29 is 104 Å². The van der Waals surface area contributed by atoms with Crippen molar-refractivity contribution in [2.45, 2.75) is 375 Å². The number of rotatable bonds is 54. The van der Waals surface area contributed by atoms with Crippen LogP contribution >= 0.6 is 0 Å². The van der Waals surface area contributed by atoms with Crippen molar-refractivity contribution in [1.82, 2.24) is 10.6 Å². The van der Waals surface area contributed by atoms with E-state index < -0.39 is 148 Å². The minimum atomic E-state index is -3.08. The molecule has 3 aliphatic rings. The van der Waals surface area contributed by atoms with Gasteiger partial charge in [0.05, 0.1) is 50.7 Å². The molecule has 534 valence electrons. The van der Waals surface area contributed by atoms with Gasteiger partial charge in [-0.25, -0.2) is 4.79 Å². The van der Waals surface area contributed by atoms with Crippen LogP contribution in [0.2, 0.25) is 0 Å². The van der Waals surface area contributed by atoms with Gasteiger partial charge in [0.2, 0.25) is 11.8 Å². The lowest BCUT2D eigenvalue weighted by molar-refractivity contribution is -0.386. The molecule has 14 N–H and O–H groups in total. The van der Waals surface area contributed by atoms with Gasteiger partial charge in [0.15, 0.2) is 12.6 Å². The molecule has 23 heteroatoms. The first-order valence-corrected chi connectivity index (χ1v) is 35.5. The van der Waals surface area contributed by atoms with Gasteiger partial charge in [-0.3, -0.25) is 9.59 Å². The van der Waals surface area contributed by atoms with Crippen molar-refractivity contribution in [1.29, 1.82) is 0 Å². The third-order valence-electron chi connectivity index (χ3n) is 18.2. The van der Waals surface area contributed by atoms with Crippen molar-refractivity contribution in [2.24, 2.45) is 0 Å². The second kappa shape index (κ2) is 49.1. The zero-order valence-corrected chi connectivity index (χ0v) is 55.7. The van der Waals surface area contributed by atoms with E-state index in [1.807, 2.05) is 0 Å². The highest BCUT2D eigenvalue weighted by Gasteiger charge is 2.60. The third-order valence-corrected chi connectivity index (χ3v) is 18.2. The number of carbonyl (C=O) groups excluding carboxylic acids is 2. The van der Waals surface area contributed by atoms with E-state index in [0.29, 0.717) is 19.3 Å². The molecular formula is C68H126N2O21. The van der Waals surface area contributed by atoms with E-state index >= 15 is 0 Å². The molecule has 18 unspecified atom stereocenters. The Kier molecular flexibility index (Phi) is 44.6. The fourth-order valence-corrected chi connectivity index (χ4v) is 12.5. The van der Waals surface area contributed by atoms with E-state index in [4.69, 9.17) is 28.4 Å². The predicted octanol–water partition coefficient (Wildman–Crippen LogP) is 6.68. The van der Waals surface area contributed by atoms with Crippen molar-refractivity contribution in [3.05, 3.63) is 12.2 Å². The van der Waals surface area contributed by atoms with Crippen LogP contribution in [0, 0.1) is 0 Å². The summed E-state index contributed by atoms with van der Waals surface area (Å²) in [6.07, 6.45) is 18.0. The summed E-state index contributed by atoms with van der Waals surface area (Å²) in [5.41, 5.74) is 0. The number of hydrogen-bond donors (Lipinski definition) is 14. The first kappa shape index (κ1) is 82.7. The Morgan fingerprint density at radius 1 is 0.560 bits per heavy atom. The predicted molar refractivity (Wildman–Crippen MR) is 343 cm³/mol. The van der Waals surface area contributed by atoms with Gasteiger partial charge in [0, 0.05) is 19.8 Å². The van der Waals surface area contributed by atoms with Crippen LogP contribution in [0.25, 0.3) is 0 Å². The maximum atomic E-state index is 13.4. The Morgan fingerprint density at radius 3 is 1.48 bits per heavy atom. The standard InChI is InChI=1S/C68H126N2O21/c1-4-6-8-10-12-14-16-18-19-20-21-22-23-24-25-26-27-28-30-31-33-35-37-39-41-50(75)49(70-55(78)42-40-38-36-34-32-29-17-15-13-11-9-7-5-2)47-86-65-60(82)59(81)62(54(46-73)88-65)89-66-61(83)64(58(80)53(45-72)87-66)91-68(67(84)85)43-51(76)56(69-48(3)74)63(90-68)57(79)52(77)44-71/h29,32,49-54,56-66,71-73,75-77,79-83H,4-28,30-31,33-47H2,1-3H3,(H,69,74)(H,70,78)(H,84,85)/b32-29-. The van der Waals surface area contributed by atoms with Gasteiger partial charge < -0.3 is 100 Å². The van der Waals surface area contributed by atoms with Crippen molar-refractivity contribution in [3.63, 3.8) is 0 Å². The first-order valence-electron chi connectivity index (χ1n) is 35.5. The smallest absolute Gasteiger partial charge is 0.364 e. The highest BCUT2D eigenvalue weighted by Crippen LogP contribution is 2.39. The van der Waals surface area contributed by atoms with Crippen LogP contribution in [-0.2, 0) is 42.8 Å². The summed E-state index contributed by atoms with van der Waals surface area (Å²) in [5, 5.41) is 136. The summed E-state index contributed by atoms with van der Waals surface area (Å²) < 4.78 is 34.8. The molecule has 91 heavy (non-hydrogen) atoms. The quantitative estimate of drug-likeness (QED) is 0.0223. The average molecular weight is 1310 g/mol. The molecule has 0 bridgehead atoms. The second-order valence-corrected chi connectivity index (χ2v) is 26.1. The number of allylic oxidation sites excluding steroid dienone is 2. The fraction of sp³-hybridized carbons (Fsp3) is 0.926. The summed E-state index contributed by atoms with van der Waals surface area (Å²) in [6.45, 7) is 2.19. The molecule has 0 saturated carbocycles. The minimum absolute atomic E-state index is 0.204. The SMILES string of the molecule is CCCCCCCC/C=C\CCCCCC(=O)NC(COC1OC(CO)C(OC2OC(CO)C(O)C(OC3(C(=O)O)CC(O)C(NC(C)=O)C(C(O)C(O)CO)O3)C2O)C(O)C1O)C(O)CCCCCCCCCCCCCCCCCCCCCCCCCC. The molecule has 3 aliphatic heterocycles. The maximum absolute atomic E-state index is 13.4. The topological polar surface area (TPSA) is 373 Å². The van der Waals surface area contributed by atoms with Crippen molar-refractivity contribution in [3.8, 4) is 0 Å². The van der Waals surface area contributed by atoms with Crippen LogP contribution in [0.1, 0.15) is 265 Å². The number of carboxylic acid groups (broad SMARTS) is 1. The highest BCUT2D eigenvalue weighted by atomic mass is 16.8. The molecule has 3 saturated heterocycles. The van der Waals surface area contributed by atoms with E-state index in [1.54, 1.807) is 0 Å². The molecule has 0 aromatic heterocycles. The van der Waals surface area contributed by atoms with Crippen LogP contribution in [0.3, 0.4) is 0 Å². The summed E-state index contributed by atoms with van der Waals surface area (Å²) >= 11 is 0. The van der Waals surface area contributed by atoms with Gasteiger partial charge in [-0.2, -0.15) is 0 Å². The number of aliphatic carboxylic acids is 1. The number of hydrogen-bond acceptors (Lipinski definition) is 20. The van der Waals surface area contributed by atoms with Gasteiger partial charge in [-0.15, -0.1) is 0 Å². The third kappa shape index (κ3) is 31.5. The fourth-order valence-electron chi connectivity index (χ4n) is 12.5. The molecule has 2 amide bonds. The molecule has 0 aromatic rings. The number of nitrogens with one attached hydrogen (secondary N) is 2. The molecule has 18 atom stereocenters. The Labute approximate surface area is 543 Å². The molecule has 3 rings (SSSR count). The van der Waals surface area contributed by atoms with Crippen LogP contribution in [0.5, 0.6) is 0 Å². The van der Waals surface area contributed by atoms with Crippen LogP contribution < -0.4 is 10.6 Å². The molecule has 3 fully saturated rings. The number of aliphatic hydroxyl groups is 11. The number of carbonyl (C=O) groups is 3. The summed E-state index contributed by atoms with van der Waals surface area (Å²) in [4.78, 5) is 38.5. The highest BCUT2D eigenvalue weighted by molar-refractivity contribution is 5.77. The molecule has 0 radical (unpaired) electrons. The lowest BCUT2D eigenvalue weighted by Gasteiger charge is -2.50. The van der Waals surface area contributed by atoms with E-state index in [1.165, 1.54) is 161 Å². The second-order valence-electron chi connectivity index (χ2n) is 26.1. The molecule has 0 aliphatic carbocycles. The zero-order valence-electron chi connectivity index (χ0n) is 55.7. The number of amides is 2. The first-order chi connectivity index (χ1) is 43.9. The van der Waals surface area contributed by atoms with Gasteiger partial charge in [0.25, 0.3) is 5.79 Å². The van der Waals surface area contributed by atoms with Crippen LogP contribution in [0.4, 0.5) is 0 Å². The maximum Gasteiger partial charge on any atom is 0.364 e. The largest absolute Gasteiger partial charge is 0.477 e. The lowest BCUT2D eigenvalue weighted by Crippen LogP contribution is -2.70. The normalized spacial score (nSPS) is 28.4. The zero-order chi connectivity index (χ0) is 66.8. The van der Waals surface area contributed by atoms with Gasteiger partial charge >= 0.3 is 5.97 Å². The number of unbranched alkanes of at least 4 members (excludes halogenated alkanes) is 32. The van der Waals surface area contributed by atoms with E-state index in [2.05, 4.69) is 36.6 Å². The van der Waals surface area contributed by atoms with Gasteiger partial charge in [0.1, 0.15) is 67.1 Å². The number of aliphatic hydroxyl groups excluding tert-OH is 11. The summed E-state index contributed by atoms with van der Waals surface area (Å²) in [6, 6.07) is -2.54.